The number of nitrogens with one attached hydrogen (secondary N) is 1. The van der Waals surface area contributed by atoms with Gasteiger partial charge in [-0.1, -0.05) is 23.2 Å². The van der Waals surface area contributed by atoms with Crippen molar-refractivity contribution in [2.24, 2.45) is 0 Å². The first kappa shape index (κ1) is 16.8. The highest BCUT2D eigenvalue weighted by atomic mass is 79.9. The lowest BCUT2D eigenvalue weighted by molar-refractivity contribution is -0.138. The lowest BCUT2D eigenvalue weighted by Gasteiger charge is -2.11. The van der Waals surface area contributed by atoms with Gasteiger partial charge in [-0.25, -0.2) is 9.59 Å². The molecular weight excluding hydrogens is 373 g/mol. The summed E-state index contributed by atoms with van der Waals surface area (Å²) in [5, 5.41) is 3.37. The normalized spacial score (nSPS) is 10.9. The predicted molar refractivity (Wildman–Crippen MR) is 79.9 cm³/mol. The van der Waals surface area contributed by atoms with Gasteiger partial charge in [0, 0.05) is 4.47 Å². The zero-order valence-electron chi connectivity index (χ0n) is 10.5. The smallest absolute Gasteiger partial charge is 0.354 e. The second kappa shape index (κ2) is 7.52. The van der Waals surface area contributed by atoms with E-state index >= 15 is 0 Å². The van der Waals surface area contributed by atoms with Crippen LogP contribution in [-0.4, -0.2) is 26.2 Å². The van der Waals surface area contributed by atoms with Crippen molar-refractivity contribution in [2.75, 3.05) is 19.5 Å². The zero-order chi connectivity index (χ0) is 15.3. The third-order valence-corrected chi connectivity index (χ3v) is 3.66. The molecule has 0 amide bonds. The minimum absolute atomic E-state index is 0.125. The topological polar surface area (TPSA) is 64.6 Å². The number of anilines is 1. The molecule has 1 aromatic rings. The standard InChI is InChI=1S/C12H10BrCl2NO4/c1-19-11(17)5-10(12(18)20-2)16-9-4-7(14)6(13)3-8(9)15/h3-5,16H,1-2H3/b10-5+. The fourth-order valence-electron chi connectivity index (χ4n) is 1.20. The highest BCUT2D eigenvalue weighted by Crippen LogP contribution is 2.33. The van der Waals surface area contributed by atoms with E-state index in [1.807, 2.05) is 0 Å². The molecule has 0 atom stereocenters. The maximum Gasteiger partial charge on any atom is 0.354 e. The van der Waals surface area contributed by atoms with E-state index in [0.29, 0.717) is 20.2 Å². The Bertz CT molecular complexity index is 575. The van der Waals surface area contributed by atoms with E-state index in [1.54, 1.807) is 6.07 Å². The van der Waals surface area contributed by atoms with E-state index in [-0.39, 0.29) is 5.70 Å². The van der Waals surface area contributed by atoms with Gasteiger partial charge in [0.2, 0.25) is 0 Å². The van der Waals surface area contributed by atoms with Gasteiger partial charge >= 0.3 is 11.9 Å². The highest BCUT2D eigenvalue weighted by Gasteiger charge is 2.15. The lowest BCUT2D eigenvalue weighted by atomic mass is 10.3. The quantitative estimate of drug-likeness (QED) is 0.491. The fraction of sp³-hybridized carbons (Fsp3) is 0.167. The SMILES string of the molecule is COC(=O)/C=C(/Nc1cc(Cl)c(Br)cc1Cl)C(=O)OC. The summed E-state index contributed by atoms with van der Waals surface area (Å²) in [6.07, 6.45) is 0.956. The van der Waals surface area contributed by atoms with Gasteiger partial charge in [0.05, 0.1) is 36.0 Å². The maximum atomic E-state index is 11.6. The number of ether oxygens (including phenoxy) is 2. The van der Waals surface area contributed by atoms with Gasteiger partial charge in [0.25, 0.3) is 0 Å². The second-order valence-electron chi connectivity index (χ2n) is 3.44. The Balaban J connectivity index is 3.14. The van der Waals surface area contributed by atoms with Crippen molar-refractivity contribution in [1.29, 1.82) is 0 Å². The first-order valence-corrected chi connectivity index (χ1v) is 6.73. The van der Waals surface area contributed by atoms with Crippen molar-refractivity contribution in [2.45, 2.75) is 0 Å². The number of benzene rings is 1. The Morgan fingerprint density at radius 3 is 2.40 bits per heavy atom. The molecule has 0 unspecified atom stereocenters. The molecule has 1 N–H and O–H groups in total. The number of rotatable bonds is 4. The summed E-state index contributed by atoms with van der Waals surface area (Å²) >= 11 is 15.2. The monoisotopic (exact) mass is 381 g/mol. The Labute approximate surface area is 134 Å². The van der Waals surface area contributed by atoms with Crippen molar-refractivity contribution in [3.8, 4) is 0 Å². The average Bonchev–Trinajstić information content (AvgIpc) is 2.42. The molecule has 1 aromatic carbocycles. The molecule has 0 aromatic heterocycles. The summed E-state index contributed by atoms with van der Waals surface area (Å²) in [6, 6.07) is 3.06. The van der Waals surface area contributed by atoms with E-state index in [4.69, 9.17) is 23.2 Å². The predicted octanol–water partition coefficient (Wildman–Crippen LogP) is 3.40. The number of halogens is 3. The first-order valence-electron chi connectivity index (χ1n) is 5.18. The number of esters is 2. The molecule has 0 radical (unpaired) electrons. The second-order valence-corrected chi connectivity index (χ2v) is 5.11. The van der Waals surface area contributed by atoms with Crippen LogP contribution in [0.4, 0.5) is 5.69 Å². The van der Waals surface area contributed by atoms with Gasteiger partial charge in [-0.2, -0.15) is 0 Å². The zero-order valence-corrected chi connectivity index (χ0v) is 13.6. The summed E-state index contributed by atoms with van der Waals surface area (Å²) in [4.78, 5) is 22.8. The van der Waals surface area contributed by atoms with Crippen molar-refractivity contribution in [3.63, 3.8) is 0 Å². The third-order valence-electron chi connectivity index (χ3n) is 2.15. The molecule has 108 valence electrons. The fourth-order valence-corrected chi connectivity index (χ4v) is 2.05. The molecule has 0 saturated heterocycles. The van der Waals surface area contributed by atoms with E-state index in [9.17, 15) is 9.59 Å². The molecule has 0 aliphatic heterocycles. The molecule has 0 aliphatic rings. The Kier molecular flexibility index (Phi) is 6.32. The molecule has 1 rings (SSSR count). The summed E-state index contributed by atoms with van der Waals surface area (Å²) < 4.78 is 9.62. The van der Waals surface area contributed by atoms with Gasteiger partial charge in [-0.05, 0) is 28.1 Å². The number of hydrogen-bond donors (Lipinski definition) is 1. The minimum Gasteiger partial charge on any atom is -0.466 e. The Morgan fingerprint density at radius 2 is 1.85 bits per heavy atom. The molecule has 0 saturated carbocycles. The molecular formula is C12H10BrCl2NO4. The van der Waals surface area contributed by atoms with Crippen LogP contribution in [0.15, 0.2) is 28.4 Å². The molecule has 0 heterocycles. The number of carbonyl (C=O) groups excluding carboxylic acids is 2. The van der Waals surface area contributed by atoms with Crippen LogP contribution >= 0.6 is 39.1 Å². The summed E-state index contributed by atoms with van der Waals surface area (Å²) in [7, 11) is 2.38. The molecule has 0 spiro atoms. The van der Waals surface area contributed by atoms with E-state index in [2.05, 4.69) is 30.7 Å². The highest BCUT2D eigenvalue weighted by molar-refractivity contribution is 9.10. The van der Waals surface area contributed by atoms with Crippen LogP contribution in [0.1, 0.15) is 0 Å². The molecule has 0 bridgehead atoms. The van der Waals surface area contributed by atoms with Gasteiger partial charge in [-0.15, -0.1) is 0 Å². The van der Waals surface area contributed by atoms with Gasteiger partial charge in [-0.3, -0.25) is 0 Å². The molecule has 5 nitrogen and oxygen atoms in total. The van der Waals surface area contributed by atoms with Crippen LogP contribution in [0.25, 0.3) is 0 Å². The summed E-state index contributed by atoms with van der Waals surface area (Å²) in [5.74, 6) is -1.46. The Morgan fingerprint density at radius 1 is 1.20 bits per heavy atom. The molecule has 0 fully saturated rings. The van der Waals surface area contributed by atoms with E-state index in [1.165, 1.54) is 20.3 Å². The molecule has 8 heteroatoms. The number of methoxy groups -OCH3 is 2. The van der Waals surface area contributed by atoms with Gasteiger partial charge < -0.3 is 14.8 Å². The van der Waals surface area contributed by atoms with Gasteiger partial charge in [0.1, 0.15) is 5.70 Å². The van der Waals surface area contributed by atoms with E-state index < -0.39 is 11.9 Å². The molecule has 0 aliphatic carbocycles. The van der Waals surface area contributed by atoms with Crippen LogP contribution in [0, 0.1) is 0 Å². The summed E-state index contributed by atoms with van der Waals surface area (Å²) in [6.45, 7) is 0. The van der Waals surface area contributed by atoms with Gasteiger partial charge in [0.15, 0.2) is 0 Å². The molecule has 20 heavy (non-hydrogen) atoms. The first-order chi connectivity index (χ1) is 9.38. The van der Waals surface area contributed by atoms with Crippen molar-refractivity contribution >= 4 is 56.8 Å². The van der Waals surface area contributed by atoms with Crippen LogP contribution < -0.4 is 5.32 Å². The maximum absolute atomic E-state index is 11.6. The third kappa shape index (κ3) is 4.40. The summed E-state index contributed by atoms with van der Waals surface area (Å²) in [5.41, 5.74) is 0.222. The van der Waals surface area contributed by atoms with Crippen LogP contribution in [0.3, 0.4) is 0 Å². The van der Waals surface area contributed by atoms with Crippen molar-refractivity contribution in [3.05, 3.63) is 38.4 Å². The minimum atomic E-state index is -0.745. The Hall–Kier alpha value is -1.24. The van der Waals surface area contributed by atoms with Crippen LogP contribution in [0.5, 0.6) is 0 Å². The largest absolute Gasteiger partial charge is 0.466 e. The van der Waals surface area contributed by atoms with E-state index in [0.717, 1.165) is 6.08 Å². The van der Waals surface area contributed by atoms with Crippen molar-refractivity contribution < 1.29 is 19.1 Å². The lowest BCUT2D eigenvalue weighted by Crippen LogP contribution is -2.15. The van der Waals surface area contributed by atoms with Crippen molar-refractivity contribution in [1.82, 2.24) is 0 Å². The number of carbonyl (C=O) groups is 2. The number of hydrogen-bond acceptors (Lipinski definition) is 5. The average molecular weight is 383 g/mol. The van der Waals surface area contributed by atoms with Crippen LogP contribution in [0.2, 0.25) is 10.0 Å². The van der Waals surface area contributed by atoms with Crippen LogP contribution in [-0.2, 0) is 19.1 Å².